The van der Waals surface area contributed by atoms with Crippen LogP contribution in [0.1, 0.15) is 38.5 Å². The van der Waals surface area contributed by atoms with Gasteiger partial charge in [-0.05, 0) is 57.0 Å². The number of nitrogens with one attached hydrogen (secondary N) is 1. The van der Waals surface area contributed by atoms with Gasteiger partial charge in [0.25, 0.3) is 0 Å². The molecule has 0 unspecified atom stereocenters. The minimum atomic E-state index is -2.73. The van der Waals surface area contributed by atoms with Crippen LogP contribution in [-0.2, 0) is 9.84 Å². The lowest BCUT2D eigenvalue weighted by Gasteiger charge is -2.46. The van der Waals surface area contributed by atoms with E-state index in [0.29, 0.717) is 23.0 Å². The topological polar surface area (TPSA) is 49.4 Å². The van der Waals surface area contributed by atoms with E-state index >= 15 is 0 Å². The first kappa shape index (κ1) is 19.5. The van der Waals surface area contributed by atoms with Crippen LogP contribution in [-0.4, -0.2) is 57.0 Å². The van der Waals surface area contributed by atoms with Crippen molar-refractivity contribution in [2.24, 2.45) is 5.41 Å². The Morgan fingerprint density at radius 3 is 1.95 bits per heavy atom. The number of hydrogen-bond donors (Lipinski definition) is 1. The molecule has 7 heteroatoms. The molecule has 2 aliphatic heterocycles. The Balaban J connectivity index is 0.00000110. The van der Waals surface area contributed by atoms with Gasteiger partial charge in [-0.15, -0.1) is 24.8 Å². The molecule has 0 radical (unpaired) electrons. The number of piperidine rings is 1. The highest BCUT2D eigenvalue weighted by Crippen LogP contribution is 2.44. The molecule has 0 bridgehead atoms. The van der Waals surface area contributed by atoms with E-state index < -0.39 is 9.84 Å². The van der Waals surface area contributed by atoms with Gasteiger partial charge in [-0.3, -0.25) is 4.90 Å². The maximum Gasteiger partial charge on any atom is 0.152 e. The molecule has 2 saturated heterocycles. The Hall–Kier alpha value is 0.450. The number of nitrogens with zero attached hydrogens (tertiary/aromatic N) is 1. The van der Waals surface area contributed by atoms with Crippen LogP contribution in [0.4, 0.5) is 0 Å². The van der Waals surface area contributed by atoms with Gasteiger partial charge in [0.05, 0.1) is 11.5 Å². The van der Waals surface area contributed by atoms with Crippen LogP contribution in [0.5, 0.6) is 0 Å². The predicted molar refractivity (Wildman–Crippen MR) is 91.5 cm³/mol. The number of hydrogen-bond acceptors (Lipinski definition) is 4. The van der Waals surface area contributed by atoms with Crippen molar-refractivity contribution < 1.29 is 8.42 Å². The minimum Gasteiger partial charge on any atom is -0.317 e. The number of halogens is 2. The van der Waals surface area contributed by atoms with Gasteiger partial charge in [-0.1, -0.05) is 0 Å². The van der Waals surface area contributed by atoms with Crippen molar-refractivity contribution in [1.82, 2.24) is 10.2 Å². The van der Waals surface area contributed by atoms with Crippen LogP contribution < -0.4 is 5.32 Å². The van der Waals surface area contributed by atoms with Gasteiger partial charge in [0.15, 0.2) is 9.84 Å². The second-order valence-electron chi connectivity index (χ2n) is 6.67. The lowest BCUT2D eigenvalue weighted by molar-refractivity contribution is 0.0692. The zero-order valence-electron chi connectivity index (χ0n) is 12.6. The average molecular weight is 359 g/mol. The number of rotatable bonds is 1. The van der Waals surface area contributed by atoms with Gasteiger partial charge >= 0.3 is 0 Å². The van der Waals surface area contributed by atoms with Gasteiger partial charge in [0, 0.05) is 19.1 Å². The van der Waals surface area contributed by atoms with E-state index in [1.54, 1.807) is 0 Å². The van der Waals surface area contributed by atoms with Crippen LogP contribution in [0, 0.1) is 5.41 Å². The Morgan fingerprint density at radius 1 is 0.905 bits per heavy atom. The molecule has 0 amide bonds. The highest BCUT2D eigenvalue weighted by atomic mass is 35.5. The smallest absolute Gasteiger partial charge is 0.152 e. The van der Waals surface area contributed by atoms with E-state index in [1.165, 1.54) is 51.6 Å². The predicted octanol–water partition coefficient (Wildman–Crippen LogP) is 1.87. The van der Waals surface area contributed by atoms with Crippen molar-refractivity contribution in [3.8, 4) is 0 Å². The summed E-state index contributed by atoms with van der Waals surface area (Å²) in [5.74, 6) is 0.747. The molecule has 0 atom stereocenters. The quantitative estimate of drug-likeness (QED) is 0.777. The van der Waals surface area contributed by atoms with Gasteiger partial charge in [-0.2, -0.15) is 0 Å². The highest BCUT2D eigenvalue weighted by Gasteiger charge is 2.38. The normalized spacial score (nSPS) is 29.3. The van der Waals surface area contributed by atoms with E-state index in [2.05, 4.69) is 10.2 Å². The first-order valence-corrected chi connectivity index (χ1v) is 9.56. The van der Waals surface area contributed by atoms with E-state index in [0.717, 1.165) is 13.1 Å². The molecule has 0 aromatic carbocycles. The highest BCUT2D eigenvalue weighted by molar-refractivity contribution is 7.91. The van der Waals surface area contributed by atoms with E-state index in [-0.39, 0.29) is 24.8 Å². The largest absolute Gasteiger partial charge is 0.317 e. The summed E-state index contributed by atoms with van der Waals surface area (Å²) >= 11 is 0. The average Bonchev–Trinajstić information content (AvgIpc) is 2.41. The molecule has 0 aromatic rings. The van der Waals surface area contributed by atoms with Crippen molar-refractivity contribution in [3.05, 3.63) is 0 Å². The molecule has 2 heterocycles. The Labute approximate surface area is 141 Å². The summed E-state index contributed by atoms with van der Waals surface area (Å²) in [5.41, 5.74) is 0.615. The van der Waals surface area contributed by atoms with E-state index in [1.807, 2.05) is 0 Å². The fourth-order valence-electron chi connectivity index (χ4n) is 4.13. The van der Waals surface area contributed by atoms with Crippen LogP contribution in [0.3, 0.4) is 0 Å². The molecule has 3 aliphatic rings. The second-order valence-corrected chi connectivity index (χ2v) is 8.97. The zero-order valence-corrected chi connectivity index (χ0v) is 15.0. The molecular formula is C14H28Cl2N2O2S. The van der Waals surface area contributed by atoms with Crippen molar-refractivity contribution in [1.29, 1.82) is 0 Å². The van der Waals surface area contributed by atoms with Crippen LogP contribution in [0.2, 0.25) is 0 Å². The molecule has 1 N–H and O–H groups in total. The van der Waals surface area contributed by atoms with Crippen LogP contribution in [0.15, 0.2) is 0 Å². The summed E-state index contributed by atoms with van der Waals surface area (Å²) in [7, 11) is -2.73. The molecule has 126 valence electrons. The summed E-state index contributed by atoms with van der Waals surface area (Å²) in [6.45, 7) is 3.91. The number of sulfone groups is 1. The van der Waals surface area contributed by atoms with Crippen molar-refractivity contribution in [2.75, 3.05) is 37.7 Å². The molecule has 1 aliphatic carbocycles. The van der Waals surface area contributed by atoms with Crippen LogP contribution in [0.25, 0.3) is 0 Å². The summed E-state index contributed by atoms with van der Waals surface area (Å²) in [5, 5.41) is 3.46. The summed E-state index contributed by atoms with van der Waals surface area (Å²) in [4.78, 5) is 2.44. The van der Waals surface area contributed by atoms with Gasteiger partial charge in [0.1, 0.15) is 0 Å². The zero-order chi connectivity index (χ0) is 13.3. The third-order valence-corrected chi connectivity index (χ3v) is 7.18. The summed E-state index contributed by atoms with van der Waals surface area (Å²) < 4.78 is 23.0. The summed E-state index contributed by atoms with van der Waals surface area (Å²) in [6, 6.07) is 0.649. The molecule has 4 nitrogen and oxygen atoms in total. The summed E-state index contributed by atoms with van der Waals surface area (Å²) in [6.07, 6.45) is 7.94. The molecule has 3 rings (SSSR count). The van der Waals surface area contributed by atoms with E-state index in [9.17, 15) is 8.42 Å². The third kappa shape index (κ3) is 4.71. The molecule has 3 fully saturated rings. The van der Waals surface area contributed by atoms with Crippen LogP contribution >= 0.6 is 24.8 Å². The SMILES string of the molecule is Cl.Cl.O=S1(=O)CCN(C2CCC3(CCNCC3)CC2)CC1. The Kier molecular flexibility index (Phi) is 7.26. The molecule has 1 spiro atoms. The fraction of sp³-hybridized carbons (Fsp3) is 1.00. The first-order valence-electron chi connectivity index (χ1n) is 7.74. The minimum absolute atomic E-state index is 0. The monoisotopic (exact) mass is 358 g/mol. The van der Waals surface area contributed by atoms with Gasteiger partial charge in [-0.25, -0.2) is 8.42 Å². The van der Waals surface area contributed by atoms with Gasteiger partial charge < -0.3 is 5.32 Å². The Morgan fingerprint density at radius 2 is 1.43 bits per heavy atom. The fourth-order valence-corrected chi connectivity index (χ4v) is 5.36. The maximum atomic E-state index is 11.5. The molecule has 0 aromatic heterocycles. The lowest BCUT2D eigenvalue weighted by Crippen LogP contribution is -2.49. The second kappa shape index (κ2) is 7.82. The van der Waals surface area contributed by atoms with Crippen molar-refractivity contribution >= 4 is 34.7 Å². The molecule has 21 heavy (non-hydrogen) atoms. The van der Waals surface area contributed by atoms with Gasteiger partial charge in [0.2, 0.25) is 0 Å². The standard InChI is InChI=1S/C14H26N2O2S.2ClH/c17-19(18)11-9-16(10-12-19)13-1-3-14(4-2-13)5-7-15-8-6-14;;/h13,15H,1-12H2;2*1H. The molecule has 1 saturated carbocycles. The van der Waals surface area contributed by atoms with E-state index in [4.69, 9.17) is 0 Å². The third-order valence-electron chi connectivity index (χ3n) is 5.58. The molecular weight excluding hydrogens is 331 g/mol. The lowest BCUT2D eigenvalue weighted by atomic mass is 9.67. The van der Waals surface area contributed by atoms with Crippen molar-refractivity contribution in [2.45, 2.75) is 44.6 Å². The maximum absolute atomic E-state index is 11.5. The Bertz CT molecular complexity index is 401. The van der Waals surface area contributed by atoms with Crippen molar-refractivity contribution in [3.63, 3.8) is 0 Å². The first-order chi connectivity index (χ1) is 9.09.